The molecule has 0 aliphatic carbocycles. The van der Waals surface area contributed by atoms with Crippen LogP contribution in [-0.4, -0.2) is 14.2 Å². The van der Waals surface area contributed by atoms with Crippen molar-refractivity contribution in [2.24, 2.45) is 10.2 Å². The second-order valence-electron chi connectivity index (χ2n) is 4.28. The molecule has 0 amide bonds. The zero-order chi connectivity index (χ0) is 14.5. The van der Waals surface area contributed by atoms with E-state index in [4.69, 9.17) is 15.2 Å². The number of hydrogen-bond donors (Lipinski definition) is 1. The Balaban J connectivity index is 2.26. The molecule has 0 unspecified atom stereocenters. The van der Waals surface area contributed by atoms with Crippen LogP contribution in [0.2, 0.25) is 0 Å². The topological polar surface area (TPSA) is 69.2 Å². The van der Waals surface area contributed by atoms with Crippen LogP contribution in [0.1, 0.15) is 5.56 Å². The maximum Gasteiger partial charge on any atom is 0.143 e. The Morgan fingerprint density at radius 1 is 0.950 bits per heavy atom. The van der Waals surface area contributed by atoms with Crippen molar-refractivity contribution in [3.63, 3.8) is 0 Å². The molecule has 0 heterocycles. The minimum atomic E-state index is 0.591. The molecule has 0 saturated heterocycles. The summed E-state index contributed by atoms with van der Waals surface area (Å²) in [6.45, 7) is 1.93. The summed E-state index contributed by atoms with van der Waals surface area (Å²) in [5.74, 6) is 1.38. The van der Waals surface area contributed by atoms with Crippen molar-refractivity contribution in [3.8, 4) is 11.5 Å². The van der Waals surface area contributed by atoms with E-state index in [-0.39, 0.29) is 0 Å². The average molecular weight is 271 g/mol. The Morgan fingerprint density at radius 3 is 2.25 bits per heavy atom. The Bertz CT molecular complexity index is 622. The molecule has 104 valence electrons. The zero-order valence-corrected chi connectivity index (χ0v) is 11.8. The van der Waals surface area contributed by atoms with Gasteiger partial charge in [-0.15, -0.1) is 0 Å². The Labute approximate surface area is 118 Å². The number of ether oxygens (including phenoxy) is 2. The molecule has 0 saturated carbocycles. The third kappa shape index (κ3) is 3.06. The second kappa shape index (κ2) is 6.06. The maximum absolute atomic E-state index is 5.83. The number of benzene rings is 2. The largest absolute Gasteiger partial charge is 0.497 e. The van der Waals surface area contributed by atoms with Gasteiger partial charge in [0.25, 0.3) is 0 Å². The summed E-state index contributed by atoms with van der Waals surface area (Å²) in [6, 6.07) is 11.0. The van der Waals surface area contributed by atoms with Crippen molar-refractivity contribution in [1.82, 2.24) is 0 Å². The molecule has 2 aromatic carbocycles. The summed E-state index contributed by atoms with van der Waals surface area (Å²) < 4.78 is 10.3. The van der Waals surface area contributed by atoms with E-state index in [1.165, 1.54) is 0 Å². The fourth-order valence-corrected chi connectivity index (χ4v) is 1.74. The molecule has 2 aromatic rings. The van der Waals surface area contributed by atoms with Crippen molar-refractivity contribution in [2.45, 2.75) is 6.92 Å². The van der Waals surface area contributed by atoms with Crippen LogP contribution in [-0.2, 0) is 0 Å². The first-order valence-corrected chi connectivity index (χ1v) is 6.14. The lowest BCUT2D eigenvalue weighted by Crippen LogP contribution is -1.92. The summed E-state index contributed by atoms with van der Waals surface area (Å²) in [5.41, 5.74) is 8.84. The van der Waals surface area contributed by atoms with Crippen LogP contribution < -0.4 is 15.2 Å². The third-order valence-electron chi connectivity index (χ3n) is 2.89. The fraction of sp³-hybridized carbons (Fsp3) is 0.200. The van der Waals surface area contributed by atoms with Crippen LogP contribution in [0.25, 0.3) is 0 Å². The van der Waals surface area contributed by atoms with Crippen LogP contribution in [0.5, 0.6) is 11.5 Å². The number of aryl methyl sites for hydroxylation is 1. The van der Waals surface area contributed by atoms with Crippen molar-refractivity contribution in [1.29, 1.82) is 0 Å². The molecule has 2 N–H and O–H groups in total. The Kier molecular flexibility index (Phi) is 4.20. The highest BCUT2D eigenvalue weighted by molar-refractivity contribution is 5.63. The van der Waals surface area contributed by atoms with E-state index in [1.54, 1.807) is 20.3 Å². The molecular formula is C15H17N3O2. The van der Waals surface area contributed by atoms with Gasteiger partial charge in [0, 0.05) is 6.07 Å². The summed E-state index contributed by atoms with van der Waals surface area (Å²) in [6.07, 6.45) is 0. The van der Waals surface area contributed by atoms with Gasteiger partial charge in [0.15, 0.2) is 0 Å². The molecule has 0 atom stereocenters. The van der Waals surface area contributed by atoms with E-state index in [2.05, 4.69) is 10.2 Å². The monoisotopic (exact) mass is 271 g/mol. The zero-order valence-electron chi connectivity index (χ0n) is 11.8. The highest BCUT2D eigenvalue weighted by Crippen LogP contribution is 2.31. The minimum absolute atomic E-state index is 0.591. The quantitative estimate of drug-likeness (QED) is 0.674. The first-order valence-electron chi connectivity index (χ1n) is 6.14. The lowest BCUT2D eigenvalue weighted by molar-refractivity contribution is 0.415. The predicted molar refractivity (Wildman–Crippen MR) is 79.3 cm³/mol. The number of anilines is 1. The predicted octanol–water partition coefficient (Wildman–Crippen LogP) is 4.01. The van der Waals surface area contributed by atoms with E-state index in [1.807, 2.05) is 37.3 Å². The lowest BCUT2D eigenvalue weighted by atomic mass is 10.1. The standard InChI is InChI=1S/C15H17N3O2/c1-10-8-13(16)15(20-3)9-14(10)18-17-11-4-6-12(19-2)7-5-11/h4-9H,16H2,1-3H3. The number of nitrogen functional groups attached to an aromatic ring is 1. The normalized spacial score (nSPS) is 10.8. The van der Waals surface area contributed by atoms with Gasteiger partial charge in [0.1, 0.15) is 11.5 Å². The van der Waals surface area contributed by atoms with Gasteiger partial charge in [-0.05, 0) is 42.8 Å². The van der Waals surface area contributed by atoms with E-state index >= 15 is 0 Å². The number of rotatable bonds is 4. The molecule has 0 spiro atoms. The lowest BCUT2D eigenvalue weighted by Gasteiger charge is -2.07. The van der Waals surface area contributed by atoms with Crippen molar-refractivity contribution < 1.29 is 9.47 Å². The van der Waals surface area contributed by atoms with Gasteiger partial charge < -0.3 is 15.2 Å². The summed E-state index contributed by atoms with van der Waals surface area (Å²) in [4.78, 5) is 0. The van der Waals surface area contributed by atoms with Crippen molar-refractivity contribution in [2.75, 3.05) is 20.0 Å². The van der Waals surface area contributed by atoms with Crippen LogP contribution in [0, 0.1) is 6.92 Å². The number of hydrogen-bond acceptors (Lipinski definition) is 5. The summed E-state index contributed by atoms with van der Waals surface area (Å²) >= 11 is 0. The summed E-state index contributed by atoms with van der Waals surface area (Å²) in [5, 5.41) is 8.42. The molecule has 0 aromatic heterocycles. The van der Waals surface area contributed by atoms with Crippen LogP contribution in [0.15, 0.2) is 46.6 Å². The van der Waals surface area contributed by atoms with Crippen molar-refractivity contribution >= 4 is 17.1 Å². The highest BCUT2D eigenvalue weighted by atomic mass is 16.5. The first-order chi connectivity index (χ1) is 9.63. The van der Waals surface area contributed by atoms with Gasteiger partial charge in [-0.25, -0.2) is 0 Å². The third-order valence-corrected chi connectivity index (χ3v) is 2.89. The Morgan fingerprint density at radius 2 is 1.65 bits per heavy atom. The molecule has 20 heavy (non-hydrogen) atoms. The molecule has 0 fully saturated rings. The highest BCUT2D eigenvalue weighted by Gasteiger charge is 2.04. The van der Waals surface area contributed by atoms with Gasteiger partial charge >= 0.3 is 0 Å². The van der Waals surface area contributed by atoms with Crippen LogP contribution >= 0.6 is 0 Å². The SMILES string of the molecule is COc1ccc(N=Nc2cc(OC)c(N)cc2C)cc1. The van der Waals surface area contributed by atoms with E-state index in [0.717, 1.165) is 22.7 Å². The van der Waals surface area contributed by atoms with E-state index in [9.17, 15) is 0 Å². The number of nitrogens with zero attached hydrogens (tertiary/aromatic N) is 2. The first kappa shape index (κ1) is 13.9. The molecule has 0 bridgehead atoms. The molecule has 0 radical (unpaired) electrons. The van der Waals surface area contributed by atoms with Crippen LogP contribution in [0.3, 0.4) is 0 Å². The maximum atomic E-state index is 5.83. The fourth-order valence-electron chi connectivity index (χ4n) is 1.74. The molecule has 2 rings (SSSR count). The van der Waals surface area contributed by atoms with Gasteiger partial charge in [-0.2, -0.15) is 10.2 Å². The van der Waals surface area contributed by atoms with Gasteiger partial charge in [0.05, 0.1) is 31.3 Å². The molecule has 5 heteroatoms. The molecule has 0 aliphatic heterocycles. The molecule has 5 nitrogen and oxygen atoms in total. The van der Waals surface area contributed by atoms with Crippen molar-refractivity contribution in [3.05, 3.63) is 42.0 Å². The van der Waals surface area contributed by atoms with Gasteiger partial charge in [0.2, 0.25) is 0 Å². The minimum Gasteiger partial charge on any atom is -0.497 e. The second-order valence-corrected chi connectivity index (χ2v) is 4.28. The van der Waals surface area contributed by atoms with Gasteiger partial charge in [-0.1, -0.05) is 0 Å². The molecular weight excluding hydrogens is 254 g/mol. The van der Waals surface area contributed by atoms with E-state index < -0.39 is 0 Å². The summed E-state index contributed by atoms with van der Waals surface area (Å²) in [7, 11) is 3.20. The number of azo groups is 1. The number of methoxy groups -OCH3 is 2. The van der Waals surface area contributed by atoms with E-state index in [0.29, 0.717) is 11.4 Å². The smallest absolute Gasteiger partial charge is 0.143 e. The van der Waals surface area contributed by atoms with Gasteiger partial charge in [-0.3, -0.25) is 0 Å². The number of nitrogens with two attached hydrogens (primary N) is 1. The van der Waals surface area contributed by atoms with Crippen LogP contribution in [0.4, 0.5) is 17.1 Å². The molecule has 0 aliphatic rings. The Hall–Kier alpha value is -2.56. The average Bonchev–Trinajstić information content (AvgIpc) is 2.47.